The van der Waals surface area contributed by atoms with Gasteiger partial charge in [-0.3, -0.25) is 4.79 Å². The number of ether oxygens (including phenoxy) is 1. The predicted octanol–water partition coefficient (Wildman–Crippen LogP) is 3.77. The molecule has 3 aliphatic rings. The lowest BCUT2D eigenvalue weighted by molar-refractivity contribution is 0.0256. The summed E-state index contributed by atoms with van der Waals surface area (Å²) in [6, 6.07) is 11.7. The Balaban J connectivity index is 1.53. The van der Waals surface area contributed by atoms with Gasteiger partial charge in [-0.2, -0.15) is 0 Å². The first-order valence-corrected chi connectivity index (χ1v) is 13.3. The number of hydrogen-bond acceptors (Lipinski definition) is 4. The second-order valence-corrected chi connectivity index (χ2v) is 10.7. The number of fused-ring (bicyclic) bond motifs is 5. The first kappa shape index (κ1) is 23.9. The quantitative estimate of drug-likeness (QED) is 0.504. The van der Waals surface area contributed by atoms with Gasteiger partial charge < -0.3 is 30.4 Å². The molecule has 37 heavy (non-hydrogen) atoms. The van der Waals surface area contributed by atoms with Crippen LogP contribution in [0, 0.1) is 0 Å². The van der Waals surface area contributed by atoms with E-state index in [9.17, 15) is 14.7 Å². The number of aliphatic hydroxyl groups is 1. The van der Waals surface area contributed by atoms with Crippen molar-refractivity contribution < 1.29 is 19.4 Å². The summed E-state index contributed by atoms with van der Waals surface area (Å²) in [4.78, 5) is 26.7. The maximum Gasteiger partial charge on any atom is 0.317 e. The van der Waals surface area contributed by atoms with Crippen LogP contribution in [0.5, 0.6) is 5.75 Å². The van der Waals surface area contributed by atoms with Gasteiger partial charge in [-0.1, -0.05) is 25.3 Å². The number of primary amides is 1. The molecule has 8 nitrogen and oxygen atoms in total. The first-order valence-electron chi connectivity index (χ1n) is 13.3. The second kappa shape index (κ2) is 9.41. The number of aliphatic hydroxyl groups excluding tert-OH is 1. The number of nitrogens with zero attached hydrogens (tertiary/aromatic N) is 2. The SMILES string of the molecule is COc1ccc2c(c1)CC(NC(=O)N1CC(O)C1)Cn1c-2c(C2CCCCC2)c2ccc(C(N)=O)cc21. The van der Waals surface area contributed by atoms with E-state index in [1.54, 1.807) is 12.0 Å². The average molecular weight is 503 g/mol. The highest BCUT2D eigenvalue weighted by atomic mass is 16.5. The standard InChI is InChI=1S/C29H34N4O4/c1-37-22-8-10-23-19(12-22)11-20(31-29(36)32-15-21(34)16-32)14-33-25-13-18(28(30)35)7-9-24(25)26(27(23)33)17-5-3-2-4-6-17/h7-10,12-13,17,20-21,34H,2-6,11,14-16H2,1H3,(H2,30,35)(H,31,36). The van der Waals surface area contributed by atoms with Crippen molar-refractivity contribution in [3.63, 3.8) is 0 Å². The van der Waals surface area contributed by atoms with Crippen molar-refractivity contribution in [2.24, 2.45) is 5.73 Å². The maximum absolute atomic E-state index is 13.0. The molecule has 1 unspecified atom stereocenters. The summed E-state index contributed by atoms with van der Waals surface area (Å²) in [5.74, 6) is 0.779. The van der Waals surface area contributed by atoms with Crippen LogP contribution in [-0.4, -0.2) is 58.9 Å². The monoisotopic (exact) mass is 502 g/mol. The number of aromatic nitrogens is 1. The molecular formula is C29H34N4O4. The molecule has 1 saturated carbocycles. The molecule has 3 aromatic rings. The molecule has 1 aliphatic carbocycles. The fraction of sp³-hybridized carbons (Fsp3) is 0.448. The third-order valence-electron chi connectivity index (χ3n) is 8.32. The average Bonchev–Trinajstić information content (AvgIpc) is 3.10. The van der Waals surface area contributed by atoms with Crippen LogP contribution in [-0.2, 0) is 13.0 Å². The minimum atomic E-state index is -0.449. The van der Waals surface area contributed by atoms with Gasteiger partial charge in [0.15, 0.2) is 0 Å². The highest BCUT2D eigenvalue weighted by Gasteiger charge is 2.34. The lowest BCUT2D eigenvalue weighted by Crippen LogP contribution is -2.58. The number of benzene rings is 2. The van der Waals surface area contributed by atoms with Crippen molar-refractivity contribution in [3.8, 4) is 17.0 Å². The number of nitrogens with two attached hydrogens (primary N) is 1. The van der Waals surface area contributed by atoms with E-state index in [1.807, 2.05) is 18.2 Å². The molecule has 1 saturated heterocycles. The Bertz CT molecular complexity index is 1370. The molecule has 2 aromatic carbocycles. The number of amides is 3. The van der Waals surface area contributed by atoms with E-state index in [0.29, 0.717) is 37.5 Å². The number of carbonyl (C=O) groups is 2. The maximum atomic E-state index is 13.0. The lowest BCUT2D eigenvalue weighted by atomic mass is 9.81. The molecule has 2 aliphatic heterocycles. The van der Waals surface area contributed by atoms with Gasteiger partial charge in [-0.25, -0.2) is 4.79 Å². The van der Waals surface area contributed by atoms with Gasteiger partial charge in [0.05, 0.1) is 38.0 Å². The van der Waals surface area contributed by atoms with Gasteiger partial charge in [0, 0.05) is 28.6 Å². The van der Waals surface area contributed by atoms with E-state index < -0.39 is 12.0 Å². The summed E-state index contributed by atoms with van der Waals surface area (Å²) in [5, 5.41) is 14.0. The van der Waals surface area contributed by atoms with Crippen LogP contribution in [0.1, 0.15) is 59.5 Å². The van der Waals surface area contributed by atoms with Gasteiger partial charge >= 0.3 is 6.03 Å². The normalized spacial score (nSPS) is 20.1. The smallest absolute Gasteiger partial charge is 0.317 e. The summed E-state index contributed by atoms with van der Waals surface area (Å²) in [6.45, 7) is 1.28. The summed E-state index contributed by atoms with van der Waals surface area (Å²) in [6.07, 6.45) is 6.19. The van der Waals surface area contributed by atoms with E-state index in [-0.39, 0.29) is 12.1 Å². The Kier molecular flexibility index (Phi) is 6.07. The minimum Gasteiger partial charge on any atom is -0.497 e. The first-order chi connectivity index (χ1) is 17.9. The Morgan fingerprint density at radius 2 is 1.84 bits per heavy atom. The van der Waals surface area contributed by atoms with Crippen molar-refractivity contribution in [1.82, 2.24) is 14.8 Å². The number of likely N-dealkylation sites (tertiary alicyclic amines) is 1. The van der Waals surface area contributed by atoms with E-state index in [4.69, 9.17) is 10.5 Å². The Hall–Kier alpha value is -3.52. The van der Waals surface area contributed by atoms with Crippen molar-refractivity contribution in [3.05, 3.63) is 53.1 Å². The Morgan fingerprint density at radius 1 is 1.05 bits per heavy atom. The molecule has 8 heteroatoms. The summed E-state index contributed by atoms with van der Waals surface area (Å²) in [7, 11) is 1.67. The summed E-state index contributed by atoms with van der Waals surface area (Å²) < 4.78 is 7.86. The third-order valence-corrected chi connectivity index (χ3v) is 8.32. The fourth-order valence-electron chi connectivity index (χ4n) is 6.45. The van der Waals surface area contributed by atoms with Gasteiger partial charge in [-0.15, -0.1) is 0 Å². The Labute approximate surface area is 216 Å². The van der Waals surface area contributed by atoms with Crippen molar-refractivity contribution in [2.45, 2.75) is 63.1 Å². The highest BCUT2D eigenvalue weighted by molar-refractivity contribution is 6.00. The largest absolute Gasteiger partial charge is 0.497 e. The molecule has 0 radical (unpaired) electrons. The predicted molar refractivity (Wildman–Crippen MR) is 142 cm³/mol. The zero-order chi connectivity index (χ0) is 25.7. The molecule has 194 valence electrons. The molecule has 0 spiro atoms. The van der Waals surface area contributed by atoms with E-state index in [0.717, 1.165) is 40.6 Å². The van der Waals surface area contributed by atoms with Crippen LogP contribution in [0.4, 0.5) is 4.79 Å². The topological polar surface area (TPSA) is 110 Å². The van der Waals surface area contributed by atoms with Crippen molar-refractivity contribution in [1.29, 1.82) is 0 Å². The molecule has 1 aromatic heterocycles. The third kappa shape index (κ3) is 4.23. The van der Waals surface area contributed by atoms with Crippen LogP contribution in [0.2, 0.25) is 0 Å². The van der Waals surface area contributed by atoms with Crippen LogP contribution in [0.25, 0.3) is 22.2 Å². The lowest BCUT2D eigenvalue weighted by Gasteiger charge is -2.36. The number of rotatable bonds is 4. The van der Waals surface area contributed by atoms with Crippen molar-refractivity contribution >= 4 is 22.8 Å². The van der Waals surface area contributed by atoms with Crippen LogP contribution in [0.3, 0.4) is 0 Å². The van der Waals surface area contributed by atoms with Crippen LogP contribution >= 0.6 is 0 Å². The van der Waals surface area contributed by atoms with E-state index >= 15 is 0 Å². The number of carbonyl (C=O) groups excluding carboxylic acids is 2. The summed E-state index contributed by atoms with van der Waals surface area (Å²) in [5.41, 5.74) is 11.9. The number of methoxy groups -OCH3 is 1. The zero-order valence-electron chi connectivity index (χ0n) is 21.2. The highest BCUT2D eigenvalue weighted by Crippen LogP contribution is 2.46. The number of β-amino-alcohol motifs (C(OH)–C–C–N with tert-alkyl or cyclic N) is 1. The number of hydrogen-bond donors (Lipinski definition) is 3. The molecule has 2 fully saturated rings. The molecular weight excluding hydrogens is 468 g/mol. The second-order valence-electron chi connectivity index (χ2n) is 10.7. The molecule has 1 atom stereocenters. The fourth-order valence-corrected chi connectivity index (χ4v) is 6.45. The van der Waals surface area contributed by atoms with Gasteiger partial charge in [0.25, 0.3) is 0 Å². The number of urea groups is 1. The van der Waals surface area contributed by atoms with E-state index in [2.05, 4.69) is 28.1 Å². The molecule has 4 N–H and O–H groups in total. The zero-order valence-corrected chi connectivity index (χ0v) is 21.2. The van der Waals surface area contributed by atoms with Crippen LogP contribution < -0.4 is 15.8 Å². The molecule has 3 heterocycles. The Morgan fingerprint density at radius 3 is 2.54 bits per heavy atom. The molecule has 0 bridgehead atoms. The van der Waals surface area contributed by atoms with Crippen LogP contribution in [0.15, 0.2) is 36.4 Å². The minimum absolute atomic E-state index is 0.162. The molecule has 3 amide bonds. The molecule has 6 rings (SSSR count). The van der Waals surface area contributed by atoms with E-state index in [1.165, 1.54) is 30.5 Å². The van der Waals surface area contributed by atoms with Crippen molar-refractivity contribution in [2.75, 3.05) is 20.2 Å². The van der Waals surface area contributed by atoms with Gasteiger partial charge in [0.2, 0.25) is 5.91 Å². The van der Waals surface area contributed by atoms with Gasteiger partial charge in [0.1, 0.15) is 5.75 Å². The number of nitrogens with one attached hydrogen (secondary N) is 1. The van der Waals surface area contributed by atoms with Gasteiger partial charge in [-0.05, 0) is 66.6 Å². The summed E-state index contributed by atoms with van der Waals surface area (Å²) >= 11 is 0.